The van der Waals surface area contributed by atoms with E-state index >= 15 is 0 Å². The Kier molecular flexibility index (Phi) is 5.90. The van der Waals surface area contributed by atoms with E-state index in [9.17, 15) is 0 Å². The van der Waals surface area contributed by atoms with Crippen molar-refractivity contribution in [2.24, 2.45) is 0 Å². The number of hydrogen-bond acceptors (Lipinski definition) is 0. The number of benzene rings is 2. The van der Waals surface area contributed by atoms with Crippen molar-refractivity contribution < 1.29 is 4.57 Å². The van der Waals surface area contributed by atoms with Crippen molar-refractivity contribution in [2.45, 2.75) is 64.8 Å². The standard InChI is InChI=1S/C29H34N/c1-5-8-10-17-24-20-28-26-19-14-13-18-25(26)22(4)29(6-2,7-3)30(28)21-27(24)23-15-11-9-12-16-23/h9,11-16,18-21H,4-8,10,17H2,1-3H3/q+1. The average Bonchev–Trinajstić information content (AvgIpc) is 2.80. The fourth-order valence-electron chi connectivity index (χ4n) is 5.19. The van der Waals surface area contributed by atoms with Crippen LogP contribution in [0.5, 0.6) is 0 Å². The molecular weight excluding hydrogens is 362 g/mol. The molecule has 0 aliphatic carbocycles. The van der Waals surface area contributed by atoms with Gasteiger partial charge in [-0.05, 0) is 35.6 Å². The molecule has 0 saturated carbocycles. The molecule has 154 valence electrons. The summed E-state index contributed by atoms with van der Waals surface area (Å²) in [6.07, 6.45) is 9.40. The second kappa shape index (κ2) is 8.60. The van der Waals surface area contributed by atoms with Crippen LogP contribution in [0.4, 0.5) is 0 Å². The number of allylic oxidation sites excluding steroid dienone is 1. The van der Waals surface area contributed by atoms with Crippen LogP contribution in [0.25, 0.3) is 28.0 Å². The van der Waals surface area contributed by atoms with Gasteiger partial charge in [-0.3, -0.25) is 0 Å². The van der Waals surface area contributed by atoms with Crippen LogP contribution in [0, 0.1) is 0 Å². The summed E-state index contributed by atoms with van der Waals surface area (Å²) in [5.74, 6) is 0. The Labute approximate surface area is 182 Å². The monoisotopic (exact) mass is 396 g/mol. The number of aryl methyl sites for hydroxylation is 1. The number of pyridine rings is 1. The maximum absolute atomic E-state index is 4.61. The third-order valence-corrected chi connectivity index (χ3v) is 7.03. The summed E-state index contributed by atoms with van der Waals surface area (Å²) >= 11 is 0. The number of aromatic nitrogens is 1. The van der Waals surface area contributed by atoms with Crippen molar-refractivity contribution in [1.82, 2.24) is 0 Å². The number of fused-ring (bicyclic) bond motifs is 3. The fourth-order valence-corrected chi connectivity index (χ4v) is 5.19. The molecular formula is C29H34N+. The van der Waals surface area contributed by atoms with E-state index in [1.165, 1.54) is 58.3 Å². The molecule has 0 fully saturated rings. The molecule has 1 heteroatoms. The molecule has 0 unspecified atom stereocenters. The lowest BCUT2D eigenvalue weighted by atomic mass is 9.75. The minimum absolute atomic E-state index is 0.0742. The number of unbranched alkanes of at least 4 members (excludes halogenated alkanes) is 2. The summed E-state index contributed by atoms with van der Waals surface area (Å²) < 4.78 is 2.54. The molecule has 1 aromatic heterocycles. The maximum atomic E-state index is 4.61. The summed E-state index contributed by atoms with van der Waals surface area (Å²) in [6, 6.07) is 22.2. The normalized spacial score (nSPS) is 14.3. The van der Waals surface area contributed by atoms with Crippen LogP contribution in [0.3, 0.4) is 0 Å². The zero-order valence-corrected chi connectivity index (χ0v) is 18.7. The minimum Gasteiger partial charge on any atom is -0.188 e. The highest BCUT2D eigenvalue weighted by molar-refractivity contribution is 5.83. The SMILES string of the molecule is C=C1c2ccccc2-c2cc(CCCCC)c(-c3ccccc3)c[n+]2C1(CC)CC. The van der Waals surface area contributed by atoms with Gasteiger partial charge in [-0.25, -0.2) is 0 Å². The number of rotatable bonds is 7. The molecule has 1 aliphatic rings. The van der Waals surface area contributed by atoms with Gasteiger partial charge in [0.15, 0.2) is 11.7 Å². The van der Waals surface area contributed by atoms with Gasteiger partial charge in [-0.15, -0.1) is 0 Å². The highest BCUT2D eigenvalue weighted by Gasteiger charge is 2.47. The Morgan fingerprint density at radius 2 is 1.47 bits per heavy atom. The van der Waals surface area contributed by atoms with Crippen molar-refractivity contribution in [3.63, 3.8) is 0 Å². The third-order valence-electron chi connectivity index (χ3n) is 7.03. The first-order valence-corrected chi connectivity index (χ1v) is 11.6. The van der Waals surface area contributed by atoms with E-state index in [0.717, 1.165) is 19.3 Å². The van der Waals surface area contributed by atoms with Crippen molar-refractivity contribution in [3.8, 4) is 22.4 Å². The highest BCUT2D eigenvalue weighted by Crippen LogP contribution is 2.44. The van der Waals surface area contributed by atoms with E-state index in [2.05, 4.69) is 98.8 Å². The number of hydrogen-bond donors (Lipinski definition) is 0. The third kappa shape index (κ3) is 3.31. The molecule has 0 atom stereocenters. The molecule has 2 aromatic carbocycles. The van der Waals surface area contributed by atoms with E-state index < -0.39 is 0 Å². The van der Waals surface area contributed by atoms with E-state index in [1.807, 2.05) is 0 Å². The van der Waals surface area contributed by atoms with Gasteiger partial charge in [0, 0.05) is 30.0 Å². The lowest BCUT2D eigenvalue weighted by Crippen LogP contribution is -2.59. The van der Waals surface area contributed by atoms with E-state index in [4.69, 9.17) is 0 Å². The molecule has 0 N–H and O–H groups in total. The Bertz CT molecular complexity index is 1040. The second-order valence-corrected chi connectivity index (χ2v) is 8.55. The van der Waals surface area contributed by atoms with Crippen molar-refractivity contribution in [2.75, 3.05) is 0 Å². The first kappa shape index (κ1) is 20.6. The van der Waals surface area contributed by atoms with Gasteiger partial charge >= 0.3 is 0 Å². The van der Waals surface area contributed by atoms with Crippen LogP contribution >= 0.6 is 0 Å². The van der Waals surface area contributed by atoms with Crippen molar-refractivity contribution >= 4 is 5.57 Å². The van der Waals surface area contributed by atoms with Crippen LogP contribution in [0.15, 0.2) is 73.4 Å². The maximum Gasteiger partial charge on any atom is 0.214 e. The second-order valence-electron chi connectivity index (χ2n) is 8.55. The van der Waals surface area contributed by atoms with Crippen LogP contribution in [0.2, 0.25) is 0 Å². The van der Waals surface area contributed by atoms with E-state index in [0.29, 0.717) is 0 Å². The summed E-state index contributed by atoms with van der Waals surface area (Å²) in [4.78, 5) is 0. The summed E-state index contributed by atoms with van der Waals surface area (Å²) in [5.41, 5.74) is 9.29. The van der Waals surface area contributed by atoms with E-state index in [1.54, 1.807) is 0 Å². The van der Waals surface area contributed by atoms with Gasteiger partial charge in [-0.2, -0.15) is 4.57 Å². The largest absolute Gasteiger partial charge is 0.214 e. The Morgan fingerprint density at radius 3 is 2.13 bits per heavy atom. The van der Waals surface area contributed by atoms with Gasteiger partial charge in [0.1, 0.15) is 0 Å². The molecule has 0 amide bonds. The summed E-state index contributed by atoms with van der Waals surface area (Å²) in [5, 5.41) is 0. The lowest BCUT2D eigenvalue weighted by molar-refractivity contribution is -0.741. The summed E-state index contributed by atoms with van der Waals surface area (Å²) in [6.45, 7) is 11.5. The molecule has 1 nitrogen and oxygen atoms in total. The van der Waals surface area contributed by atoms with E-state index in [-0.39, 0.29) is 5.54 Å². The smallest absolute Gasteiger partial charge is 0.188 e. The Balaban J connectivity index is 2.00. The molecule has 4 rings (SSSR count). The Hall–Kier alpha value is -2.67. The van der Waals surface area contributed by atoms with Gasteiger partial charge in [0.2, 0.25) is 5.69 Å². The number of nitrogens with zero attached hydrogens (tertiary/aromatic N) is 1. The molecule has 0 spiro atoms. The predicted octanol–water partition coefficient (Wildman–Crippen LogP) is 7.58. The average molecular weight is 397 g/mol. The van der Waals surface area contributed by atoms with Gasteiger partial charge in [0.05, 0.1) is 5.56 Å². The molecule has 0 radical (unpaired) electrons. The van der Waals surface area contributed by atoms with Crippen LogP contribution < -0.4 is 4.57 Å². The van der Waals surface area contributed by atoms with Gasteiger partial charge in [0.25, 0.3) is 0 Å². The van der Waals surface area contributed by atoms with Crippen LogP contribution in [-0.4, -0.2) is 0 Å². The van der Waals surface area contributed by atoms with Gasteiger partial charge in [-0.1, -0.05) is 88.7 Å². The summed E-state index contributed by atoms with van der Waals surface area (Å²) in [7, 11) is 0. The minimum atomic E-state index is -0.0742. The van der Waals surface area contributed by atoms with Crippen LogP contribution in [0.1, 0.15) is 64.0 Å². The first-order valence-electron chi connectivity index (χ1n) is 11.6. The molecule has 2 heterocycles. The zero-order chi connectivity index (χ0) is 21.1. The Morgan fingerprint density at radius 1 is 0.800 bits per heavy atom. The molecule has 3 aromatic rings. The first-order chi connectivity index (χ1) is 14.7. The molecule has 1 aliphatic heterocycles. The highest BCUT2D eigenvalue weighted by atomic mass is 15.1. The van der Waals surface area contributed by atoms with Crippen molar-refractivity contribution in [3.05, 3.63) is 84.6 Å². The fraction of sp³-hybridized carbons (Fsp3) is 0.345. The van der Waals surface area contributed by atoms with Crippen LogP contribution in [-0.2, 0) is 12.0 Å². The lowest BCUT2D eigenvalue weighted by Gasteiger charge is -2.35. The molecule has 0 bridgehead atoms. The van der Waals surface area contributed by atoms with Crippen molar-refractivity contribution in [1.29, 1.82) is 0 Å². The van der Waals surface area contributed by atoms with Gasteiger partial charge < -0.3 is 0 Å². The molecule has 0 saturated heterocycles. The quantitative estimate of drug-likeness (QED) is 0.286. The topological polar surface area (TPSA) is 3.88 Å². The predicted molar refractivity (Wildman–Crippen MR) is 128 cm³/mol. The zero-order valence-electron chi connectivity index (χ0n) is 18.7. The molecule has 30 heavy (non-hydrogen) atoms.